The molecule has 0 amide bonds. The molecule has 2 nitrogen and oxygen atoms in total. The van der Waals surface area contributed by atoms with E-state index in [1.165, 1.54) is 11.7 Å². The molecule has 0 atom stereocenters. The average molecular weight is 196 g/mol. The Bertz CT molecular complexity index is 416. The highest BCUT2D eigenvalue weighted by atomic mass is 32.2. The molecule has 0 aliphatic carbocycles. The molecular weight excluding hydrogens is 184 g/mol. The van der Waals surface area contributed by atoms with Crippen LogP contribution in [0.25, 0.3) is 6.08 Å². The molecule has 0 saturated heterocycles. The molecule has 0 heterocycles. The van der Waals surface area contributed by atoms with Gasteiger partial charge in [0.25, 0.3) is 0 Å². The van der Waals surface area contributed by atoms with Crippen molar-refractivity contribution in [2.75, 3.05) is 6.26 Å². The van der Waals surface area contributed by atoms with Crippen molar-refractivity contribution in [2.24, 2.45) is 0 Å². The lowest BCUT2D eigenvalue weighted by Gasteiger charge is -1.97. The molecule has 1 rings (SSSR count). The van der Waals surface area contributed by atoms with Crippen LogP contribution >= 0.6 is 0 Å². The van der Waals surface area contributed by atoms with Crippen molar-refractivity contribution in [3.63, 3.8) is 0 Å². The number of hydrogen-bond acceptors (Lipinski definition) is 2. The molecule has 0 radical (unpaired) electrons. The quantitative estimate of drug-likeness (QED) is 0.725. The zero-order valence-electron chi connectivity index (χ0n) is 7.69. The Labute approximate surface area is 78.8 Å². The van der Waals surface area contributed by atoms with E-state index in [-0.39, 0.29) is 0 Å². The summed E-state index contributed by atoms with van der Waals surface area (Å²) in [6, 6.07) is 7.64. The summed E-state index contributed by atoms with van der Waals surface area (Å²) in [6.45, 7) is 1.95. The first-order valence-corrected chi connectivity index (χ1v) is 5.88. The van der Waals surface area contributed by atoms with Gasteiger partial charge < -0.3 is 0 Å². The standard InChI is InChI=1S/C10H12O2S/c1-9-5-3-4-6-10(9)7-8-13(2,11)12/h3-8H,1-2H3/b8-7+. The number of aryl methyl sites for hydroxylation is 1. The van der Waals surface area contributed by atoms with Gasteiger partial charge in [0, 0.05) is 11.7 Å². The Morgan fingerprint density at radius 1 is 1.23 bits per heavy atom. The highest BCUT2D eigenvalue weighted by Crippen LogP contribution is 2.09. The predicted octanol–water partition coefficient (Wildman–Crippen LogP) is 2.01. The molecule has 1 aromatic rings. The van der Waals surface area contributed by atoms with Crippen molar-refractivity contribution in [3.8, 4) is 0 Å². The van der Waals surface area contributed by atoms with Crippen LogP contribution in [0.5, 0.6) is 0 Å². The molecule has 13 heavy (non-hydrogen) atoms. The summed E-state index contributed by atoms with van der Waals surface area (Å²) in [5.41, 5.74) is 2.01. The summed E-state index contributed by atoms with van der Waals surface area (Å²) in [7, 11) is -3.02. The molecule has 1 aromatic carbocycles. The SMILES string of the molecule is Cc1ccccc1/C=C/S(C)(=O)=O. The fraction of sp³-hybridized carbons (Fsp3) is 0.200. The molecule has 0 bridgehead atoms. The predicted molar refractivity (Wildman–Crippen MR) is 55.1 cm³/mol. The Kier molecular flexibility index (Phi) is 2.88. The summed E-state index contributed by atoms with van der Waals surface area (Å²) < 4.78 is 21.7. The van der Waals surface area contributed by atoms with Gasteiger partial charge in [-0.3, -0.25) is 0 Å². The van der Waals surface area contributed by atoms with Crippen LogP contribution in [-0.4, -0.2) is 14.7 Å². The van der Waals surface area contributed by atoms with Crippen LogP contribution in [0.3, 0.4) is 0 Å². The second-order valence-electron chi connectivity index (χ2n) is 2.99. The van der Waals surface area contributed by atoms with Gasteiger partial charge >= 0.3 is 0 Å². The second kappa shape index (κ2) is 3.75. The van der Waals surface area contributed by atoms with Crippen molar-refractivity contribution in [1.29, 1.82) is 0 Å². The van der Waals surface area contributed by atoms with Crippen molar-refractivity contribution in [3.05, 3.63) is 40.8 Å². The highest BCUT2D eigenvalue weighted by Gasteiger charge is 1.95. The molecule has 70 valence electrons. The van der Waals surface area contributed by atoms with Crippen LogP contribution in [0.4, 0.5) is 0 Å². The Balaban J connectivity index is 3.00. The topological polar surface area (TPSA) is 34.1 Å². The third-order valence-corrected chi connectivity index (χ3v) is 2.31. The minimum Gasteiger partial charge on any atom is -0.225 e. The average Bonchev–Trinajstić information content (AvgIpc) is 2.01. The van der Waals surface area contributed by atoms with E-state index in [2.05, 4.69) is 0 Å². The first kappa shape index (κ1) is 9.99. The lowest BCUT2D eigenvalue weighted by molar-refractivity contribution is 0.610. The van der Waals surface area contributed by atoms with Crippen molar-refractivity contribution in [2.45, 2.75) is 6.92 Å². The van der Waals surface area contributed by atoms with Crippen LogP contribution < -0.4 is 0 Å². The molecular formula is C10H12O2S. The lowest BCUT2D eigenvalue weighted by atomic mass is 10.1. The minimum atomic E-state index is -3.02. The van der Waals surface area contributed by atoms with E-state index in [9.17, 15) is 8.42 Å². The van der Waals surface area contributed by atoms with Crippen LogP contribution in [0, 0.1) is 6.92 Å². The summed E-state index contributed by atoms with van der Waals surface area (Å²) in [4.78, 5) is 0. The summed E-state index contributed by atoms with van der Waals surface area (Å²) in [5, 5.41) is 1.22. The maximum absolute atomic E-state index is 10.8. The van der Waals surface area contributed by atoms with E-state index in [4.69, 9.17) is 0 Å². The third kappa shape index (κ3) is 3.42. The maximum atomic E-state index is 10.8. The number of hydrogen-bond donors (Lipinski definition) is 0. The molecule has 0 fully saturated rings. The van der Waals surface area contributed by atoms with Gasteiger partial charge in [0.2, 0.25) is 0 Å². The van der Waals surface area contributed by atoms with Gasteiger partial charge in [0.05, 0.1) is 0 Å². The lowest BCUT2D eigenvalue weighted by Crippen LogP contribution is -1.88. The zero-order valence-corrected chi connectivity index (χ0v) is 8.51. The first-order valence-electron chi connectivity index (χ1n) is 3.93. The van der Waals surface area contributed by atoms with Crippen molar-refractivity contribution >= 4 is 15.9 Å². The van der Waals surface area contributed by atoms with Crippen LogP contribution in [-0.2, 0) is 9.84 Å². The summed E-state index contributed by atoms with van der Waals surface area (Å²) in [5.74, 6) is 0. The largest absolute Gasteiger partial charge is 0.225 e. The molecule has 3 heteroatoms. The third-order valence-electron chi connectivity index (χ3n) is 1.68. The molecule has 0 aromatic heterocycles. The van der Waals surface area contributed by atoms with E-state index < -0.39 is 9.84 Å². The Hall–Kier alpha value is -1.09. The zero-order chi connectivity index (χ0) is 9.90. The molecule has 0 aliphatic heterocycles. The van der Waals surface area contributed by atoms with Crippen molar-refractivity contribution < 1.29 is 8.42 Å². The normalized spacial score (nSPS) is 12.2. The Morgan fingerprint density at radius 2 is 1.85 bits per heavy atom. The van der Waals surface area contributed by atoms with Gasteiger partial charge in [-0.2, -0.15) is 0 Å². The maximum Gasteiger partial charge on any atom is 0.168 e. The van der Waals surface area contributed by atoms with Gasteiger partial charge in [-0.05, 0) is 24.1 Å². The highest BCUT2D eigenvalue weighted by molar-refractivity contribution is 7.93. The van der Waals surface area contributed by atoms with Gasteiger partial charge in [-0.25, -0.2) is 8.42 Å². The van der Waals surface area contributed by atoms with E-state index in [1.807, 2.05) is 31.2 Å². The van der Waals surface area contributed by atoms with Gasteiger partial charge in [0.1, 0.15) is 0 Å². The van der Waals surface area contributed by atoms with Crippen LogP contribution in [0.2, 0.25) is 0 Å². The van der Waals surface area contributed by atoms with E-state index >= 15 is 0 Å². The van der Waals surface area contributed by atoms with E-state index in [0.29, 0.717) is 0 Å². The fourth-order valence-corrected chi connectivity index (χ4v) is 1.36. The summed E-state index contributed by atoms with van der Waals surface area (Å²) >= 11 is 0. The molecule has 0 N–H and O–H groups in total. The summed E-state index contributed by atoms with van der Waals surface area (Å²) in [6.07, 6.45) is 2.80. The number of sulfone groups is 1. The van der Waals surface area contributed by atoms with Gasteiger partial charge in [0.15, 0.2) is 9.84 Å². The van der Waals surface area contributed by atoms with Crippen molar-refractivity contribution in [1.82, 2.24) is 0 Å². The fourth-order valence-electron chi connectivity index (χ4n) is 0.971. The minimum absolute atomic E-state index is 0.938. The van der Waals surface area contributed by atoms with E-state index in [1.54, 1.807) is 6.08 Å². The molecule has 0 unspecified atom stereocenters. The van der Waals surface area contributed by atoms with Gasteiger partial charge in [-0.1, -0.05) is 24.3 Å². The van der Waals surface area contributed by atoms with Gasteiger partial charge in [-0.15, -0.1) is 0 Å². The number of rotatable bonds is 2. The van der Waals surface area contributed by atoms with Crippen LogP contribution in [0.15, 0.2) is 29.7 Å². The smallest absolute Gasteiger partial charge is 0.168 e. The first-order chi connectivity index (χ1) is 5.99. The molecule has 0 spiro atoms. The molecule has 0 aliphatic rings. The molecule has 0 saturated carbocycles. The monoisotopic (exact) mass is 196 g/mol. The number of benzene rings is 1. The van der Waals surface area contributed by atoms with E-state index in [0.717, 1.165) is 11.1 Å². The van der Waals surface area contributed by atoms with Crippen LogP contribution in [0.1, 0.15) is 11.1 Å². The second-order valence-corrected chi connectivity index (χ2v) is 4.92. The Morgan fingerprint density at radius 3 is 2.38 bits per heavy atom.